The van der Waals surface area contributed by atoms with Gasteiger partial charge < -0.3 is 5.11 Å². The van der Waals surface area contributed by atoms with Crippen LogP contribution in [0.4, 0.5) is 0 Å². The van der Waals surface area contributed by atoms with Gasteiger partial charge in [-0.2, -0.15) is 0 Å². The predicted molar refractivity (Wildman–Crippen MR) is 85.2 cm³/mol. The number of aromatic nitrogens is 1. The molecule has 0 bridgehead atoms. The van der Waals surface area contributed by atoms with Gasteiger partial charge in [0, 0.05) is 24.4 Å². The van der Waals surface area contributed by atoms with Crippen LogP contribution in [-0.4, -0.2) is 18.2 Å². The van der Waals surface area contributed by atoms with E-state index in [2.05, 4.69) is 42.9 Å². The molecule has 1 aliphatic heterocycles. The second kappa shape index (κ2) is 4.40. The zero-order valence-corrected chi connectivity index (χ0v) is 12.9. The molecule has 102 valence electrons. The van der Waals surface area contributed by atoms with Crippen LogP contribution in [0.25, 0.3) is 0 Å². The van der Waals surface area contributed by atoms with Crippen LogP contribution < -0.4 is 10.4 Å². The lowest BCUT2D eigenvalue weighted by Gasteiger charge is -2.42. The zero-order chi connectivity index (χ0) is 14.4. The number of rotatable bonds is 2. The molecule has 2 aromatic rings. The average molecular weight is 281 g/mol. The number of nitrogens with zero attached hydrogens (tertiary/aromatic N) is 1. The molecular formula is C17H19NOSi. The van der Waals surface area contributed by atoms with Crippen LogP contribution in [0.1, 0.15) is 17.5 Å². The summed E-state index contributed by atoms with van der Waals surface area (Å²) in [7, 11) is -1.78. The Morgan fingerprint density at radius 2 is 1.90 bits per heavy atom. The second-order valence-corrected chi connectivity index (χ2v) is 10.3. The molecule has 1 atom stereocenters. The summed E-state index contributed by atoms with van der Waals surface area (Å²) in [5.74, 6) is 0. The molecule has 1 aromatic heterocycles. The Bertz CT molecular complexity index is 629. The maximum atomic E-state index is 11.3. The molecule has 1 N–H and O–H groups in total. The fourth-order valence-corrected chi connectivity index (χ4v) is 6.58. The minimum Gasteiger partial charge on any atom is -0.380 e. The third kappa shape index (κ3) is 1.63. The Morgan fingerprint density at radius 1 is 1.20 bits per heavy atom. The third-order valence-corrected chi connectivity index (χ3v) is 7.99. The molecular weight excluding hydrogens is 262 g/mol. The van der Waals surface area contributed by atoms with Gasteiger partial charge in [0.15, 0.2) is 0 Å². The largest absolute Gasteiger partial charge is 0.380 e. The first-order valence-electron chi connectivity index (χ1n) is 6.90. The summed E-state index contributed by atoms with van der Waals surface area (Å²) in [6.45, 7) is 8.48. The fraction of sp³-hybridized carbons (Fsp3) is 0.235. The van der Waals surface area contributed by atoms with E-state index < -0.39 is 13.7 Å². The van der Waals surface area contributed by atoms with Crippen LogP contribution in [0, 0.1) is 0 Å². The highest BCUT2D eigenvalue weighted by Gasteiger charge is 2.45. The molecule has 0 spiro atoms. The van der Waals surface area contributed by atoms with Gasteiger partial charge in [-0.05, 0) is 22.0 Å². The summed E-state index contributed by atoms with van der Waals surface area (Å²) in [4.78, 5) is 4.24. The van der Waals surface area contributed by atoms with E-state index in [9.17, 15) is 5.11 Å². The van der Waals surface area contributed by atoms with E-state index in [1.54, 1.807) is 6.08 Å². The van der Waals surface area contributed by atoms with Crippen LogP contribution in [0.15, 0.2) is 55.4 Å². The molecule has 0 amide bonds. The minimum atomic E-state index is -1.78. The van der Waals surface area contributed by atoms with Gasteiger partial charge in [0.2, 0.25) is 0 Å². The predicted octanol–water partition coefficient (Wildman–Crippen LogP) is 2.03. The topological polar surface area (TPSA) is 33.1 Å². The molecule has 1 aliphatic rings. The lowest BCUT2D eigenvalue weighted by Crippen LogP contribution is -2.63. The molecule has 1 aromatic carbocycles. The van der Waals surface area contributed by atoms with Gasteiger partial charge in [0.05, 0.1) is 0 Å². The quantitative estimate of drug-likeness (QED) is 0.675. The SMILES string of the molecule is C=CCC1(O)c2ccccc2[Si](C)(C)c2ccncc21. The van der Waals surface area contributed by atoms with Crippen molar-refractivity contribution in [1.29, 1.82) is 0 Å². The Morgan fingerprint density at radius 3 is 2.65 bits per heavy atom. The van der Waals surface area contributed by atoms with Crippen molar-refractivity contribution in [2.24, 2.45) is 0 Å². The normalized spacial score (nSPS) is 22.8. The molecule has 20 heavy (non-hydrogen) atoms. The highest BCUT2D eigenvalue weighted by atomic mass is 28.3. The zero-order valence-electron chi connectivity index (χ0n) is 11.9. The smallest absolute Gasteiger partial charge is 0.119 e. The number of aliphatic hydroxyl groups is 1. The van der Waals surface area contributed by atoms with Crippen LogP contribution in [0.2, 0.25) is 13.1 Å². The van der Waals surface area contributed by atoms with Gasteiger partial charge in [-0.25, -0.2) is 0 Å². The Balaban J connectivity index is 2.39. The highest BCUT2D eigenvalue weighted by molar-refractivity contribution is 7.01. The van der Waals surface area contributed by atoms with E-state index in [0.29, 0.717) is 6.42 Å². The molecule has 0 fully saturated rings. The van der Waals surface area contributed by atoms with Gasteiger partial charge in [0.1, 0.15) is 13.7 Å². The fourth-order valence-electron chi connectivity index (χ4n) is 3.38. The Hall–Kier alpha value is -1.71. The van der Waals surface area contributed by atoms with Crippen molar-refractivity contribution < 1.29 is 5.11 Å². The van der Waals surface area contributed by atoms with Gasteiger partial charge >= 0.3 is 0 Å². The maximum absolute atomic E-state index is 11.3. The highest BCUT2D eigenvalue weighted by Crippen LogP contribution is 2.36. The summed E-state index contributed by atoms with van der Waals surface area (Å²) in [5, 5.41) is 13.9. The lowest BCUT2D eigenvalue weighted by atomic mass is 9.84. The van der Waals surface area contributed by atoms with Gasteiger partial charge in [-0.1, -0.05) is 43.4 Å². The number of fused-ring (bicyclic) bond motifs is 2. The van der Waals surface area contributed by atoms with Crippen LogP contribution in [-0.2, 0) is 5.60 Å². The van der Waals surface area contributed by atoms with Gasteiger partial charge in [0.25, 0.3) is 0 Å². The van der Waals surface area contributed by atoms with Crippen LogP contribution >= 0.6 is 0 Å². The van der Waals surface area contributed by atoms with Crippen molar-refractivity contribution >= 4 is 18.4 Å². The van der Waals surface area contributed by atoms with E-state index in [0.717, 1.165) is 11.1 Å². The number of pyridine rings is 1. The number of hydrogen-bond acceptors (Lipinski definition) is 2. The first-order valence-corrected chi connectivity index (χ1v) is 9.90. The first-order chi connectivity index (χ1) is 9.52. The van der Waals surface area contributed by atoms with Crippen molar-refractivity contribution in [1.82, 2.24) is 4.98 Å². The van der Waals surface area contributed by atoms with Crippen molar-refractivity contribution in [3.05, 3.63) is 66.5 Å². The maximum Gasteiger partial charge on any atom is 0.119 e. The summed E-state index contributed by atoms with van der Waals surface area (Å²) in [6, 6.07) is 10.3. The number of benzene rings is 1. The molecule has 0 saturated carbocycles. The standard InChI is InChI=1S/C17H19NOSi/c1-4-10-17(19)13-7-5-6-8-15(13)20(2,3)16-9-11-18-12-14(16)17/h4-9,11-12,19H,1,10H2,2-3H3. The molecule has 2 heterocycles. The minimum absolute atomic E-state index is 0.507. The molecule has 0 saturated heterocycles. The Kier molecular flexibility index (Phi) is 2.92. The van der Waals surface area contributed by atoms with Crippen LogP contribution in [0.5, 0.6) is 0 Å². The molecule has 1 unspecified atom stereocenters. The Labute approximate surface area is 120 Å². The van der Waals surface area contributed by atoms with E-state index in [1.165, 1.54) is 10.4 Å². The average Bonchev–Trinajstić information content (AvgIpc) is 2.46. The van der Waals surface area contributed by atoms with Crippen molar-refractivity contribution in [2.45, 2.75) is 25.1 Å². The van der Waals surface area contributed by atoms with Crippen molar-refractivity contribution in [2.75, 3.05) is 0 Å². The van der Waals surface area contributed by atoms with E-state index >= 15 is 0 Å². The number of hydrogen-bond donors (Lipinski definition) is 1. The molecule has 0 radical (unpaired) electrons. The van der Waals surface area contributed by atoms with Gasteiger partial charge in [-0.3, -0.25) is 4.98 Å². The summed E-state index contributed by atoms with van der Waals surface area (Å²) >= 11 is 0. The van der Waals surface area contributed by atoms with Crippen molar-refractivity contribution in [3.63, 3.8) is 0 Å². The van der Waals surface area contributed by atoms with E-state index in [1.807, 2.05) is 24.5 Å². The summed E-state index contributed by atoms with van der Waals surface area (Å²) < 4.78 is 0. The summed E-state index contributed by atoms with van der Waals surface area (Å²) in [6.07, 6.45) is 5.94. The van der Waals surface area contributed by atoms with Crippen LogP contribution in [0.3, 0.4) is 0 Å². The van der Waals surface area contributed by atoms with E-state index in [4.69, 9.17) is 0 Å². The van der Waals surface area contributed by atoms with Gasteiger partial charge in [-0.15, -0.1) is 6.58 Å². The van der Waals surface area contributed by atoms with E-state index in [-0.39, 0.29) is 0 Å². The monoisotopic (exact) mass is 281 g/mol. The lowest BCUT2D eigenvalue weighted by molar-refractivity contribution is 0.0851. The van der Waals surface area contributed by atoms with Crippen molar-refractivity contribution in [3.8, 4) is 0 Å². The third-order valence-electron chi connectivity index (χ3n) is 4.43. The molecule has 0 aliphatic carbocycles. The second-order valence-electron chi connectivity index (χ2n) is 5.94. The first kappa shape index (κ1) is 13.3. The molecule has 2 nitrogen and oxygen atoms in total. The summed E-state index contributed by atoms with van der Waals surface area (Å²) in [5.41, 5.74) is 0.983. The molecule has 3 heteroatoms. The molecule has 3 rings (SSSR count).